The molecule has 9 heteroatoms. The van der Waals surface area contributed by atoms with E-state index in [1.165, 1.54) is 0 Å². The molecule has 0 amide bonds. The van der Waals surface area contributed by atoms with Crippen molar-refractivity contribution in [2.24, 2.45) is 0 Å². The van der Waals surface area contributed by atoms with Crippen molar-refractivity contribution in [1.82, 2.24) is 0 Å². The minimum Gasteiger partial charge on any atom is -0.459 e. The van der Waals surface area contributed by atoms with Gasteiger partial charge in [-0.25, -0.2) is 4.79 Å². The highest BCUT2D eigenvalue weighted by Gasteiger charge is 2.56. The highest BCUT2D eigenvalue weighted by molar-refractivity contribution is 7.86. The largest absolute Gasteiger partial charge is 0.459 e. The maximum atomic E-state index is 12.0. The van der Waals surface area contributed by atoms with Gasteiger partial charge in [-0.05, 0) is 26.0 Å². The van der Waals surface area contributed by atoms with E-state index < -0.39 is 46.5 Å². The van der Waals surface area contributed by atoms with Crippen LogP contribution in [0.5, 0.6) is 0 Å². The zero-order valence-corrected chi connectivity index (χ0v) is 14.9. The molecule has 2 fully saturated rings. The maximum Gasteiger partial charge on any atom is 0.338 e. The molecule has 25 heavy (non-hydrogen) atoms. The van der Waals surface area contributed by atoms with Gasteiger partial charge in [0.05, 0.1) is 11.8 Å². The van der Waals surface area contributed by atoms with E-state index in [4.69, 9.17) is 23.1 Å². The standard InChI is InChI=1S/C16H20O8S/c1-16(2)22-13-12(24-25(3,18)19)11(21-15(13)23-16)9-20-14(17)10-7-5-4-6-8-10/h4-8,11-13,15H,9H2,1-3H3/t11-,12-,13+,15+/m0/s1. The number of hydrogen-bond acceptors (Lipinski definition) is 8. The van der Waals surface area contributed by atoms with Crippen molar-refractivity contribution < 1.29 is 36.3 Å². The van der Waals surface area contributed by atoms with Crippen molar-refractivity contribution >= 4 is 16.1 Å². The van der Waals surface area contributed by atoms with E-state index >= 15 is 0 Å². The molecular formula is C16H20O8S. The van der Waals surface area contributed by atoms with Crippen LogP contribution in [0.4, 0.5) is 0 Å². The summed E-state index contributed by atoms with van der Waals surface area (Å²) in [5.41, 5.74) is 0.384. The molecule has 2 heterocycles. The van der Waals surface area contributed by atoms with Crippen molar-refractivity contribution in [3.8, 4) is 0 Å². The second-order valence-corrected chi connectivity index (χ2v) is 7.97. The Bertz CT molecular complexity index is 730. The van der Waals surface area contributed by atoms with Crippen LogP contribution in [0, 0.1) is 0 Å². The number of carbonyl (C=O) groups is 1. The van der Waals surface area contributed by atoms with Crippen molar-refractivity contribution in [3.63, 3.8) is 0 Å². The molecule has 4 atom stereocenters. The van der Waals surface area contributed by atoms with Crippen LogP contribution >= 0.6 is 0 Å². The maximum absolute atomic E-state index is 12.0. The second kappa shape index (κ2) is 6.65. The Hall–Kier alpha value is -1.52. The molecular weight excluding hydrogens is 352 g/mol. The Morgan fingerprint density at radius 3 is 2.52 bits per heavy atom. The molecule has 2 aliphatic heterocycles. The number of fused-ring (bicyclic) bond motifs is 1. The topological polar surface area (TPSA) is 97.4 Å². The quantitative estimate of drug-likeness (QED) is 0.559. The predicted molar refractivity (Wildman–Crippen MR) is 85.1 cm³/mol. The van der Waals surface area contributed by atoms with Gasteiger partial charge in [-0.15, -0.1) is 0 Å². The van der Waals surface area contributed by atoms with Crippen molar-refractivity contribution in [2.45, 2.75) is 44.2 Å². The molecule has 0 aliphatic carbocycles. The van der Waals surface area contributed by atoms with Crippen molar-refractivity contribution in [1.29, 1.82) is 0 Å². The van der Waals surface area contributed by atoms with Crippen LogP contribution in [0.2, 0.25) is 0 Å². The van der Waals surface area contributed by atoms with E-state index in [0.29, 0.717) is 5.56 Å². The van der Waals surface area contributed by atoms with Crippen LogP contribution in [0.15, 0.2) is 30.3 Å². The van der Waals surface area contributed by atoms with Gasteiger partial charge in [0.15, 0.2) is 12.1 Å². The first kappa shape index (κ1) is 18.3. The summed E-state index contributed by atoms with van der Waals surface area (Å²) in [6.45, 7) is 3.20. The monoisotopic (exact) mass is 372 g/mol. The number of rotatable bonds is 5. The lowest BCUT2D eigenvalue weighted by Gasteiger charge is -2.24. The normalized spacial score (nSPS) is 30.8. The van der Waals surface area contributed by atoms with Gasteiger partial charge in [0.2, 0.25) is 0 Å². The van der Waals surface area contributed by atoms with Crippen LogP contribution in [-0.2, 0) is 33.2 Å². The number of esters is 1. The fourth-order valence-electron chi connectivity index (χ4n) is 2.81. The van der Waals surface area contributed by atoms with Crippen LogP contribution in [-0.4, -0.2) is 57.6 Å². The van der Waals surface area contributed by atoms with E-state index in [0.717, 1.165) is 6.26 Å². The summed E-state index contributed by atoms with van der Waals surface area (Å²) in [6, 6.07) is 8.45. The third-order valence-electron chi connectivity index (χ3n) is 3.76. The Morgan fingerprint density at radius 2 is 1.88 bits per heavy atom. The zero-order chi connectivity index (χ0) is 18.2. The molecule has 2 aliphatic rings. The summed E-state index contributed by atoms with van der Waals surface area (Å²) in [4.78, 5) is 12.0. The zero-order valence-electron chi connectivity index (χ0n) is 14.1. The smallest absolute Gasteiger partial charge is 0.338 e. The minimum atomic E-state index is -3.76. The van der Waals surface area contributed by atoms with Gasteiger partial charge in [-0.1, -0.05) is 18.2 Å². The summed E-state index contributed by atoms with van der Waals surface area (Å²) in [7, 11) is -3.76. The van der Waals surface area contributed by atoms with E-state index in [1.807, 2.05) is 0 Å². The van der Waals surface area contributed by atoms with Gasteiger partial charge in [-0.3, -0.25) is 4.18 Å². The molecule has 0 unspecified atom stereocenters. The van der Waals surface area contributed by atoms with Crippen LogP contribution in [0.3, 0.4) is 0 Å². The van der Waals surface area contributed by atoms with E-state index in [1.54, 1.807) is 44.2 Å². The lowest BCUT2D eigenvalue weighted by Crippen LogP contribution is -2.40. The van der Waals surface area contributed by atoms with Crippen LogP contribution < -0.4 is 0 Å². The third kappa shape index (κ3) is 4.36. The summed E-state index contributed by atoms with van der Waals surface area (Å²) >= 11 is 0. The first-order valence-electron chi connectivity index (χ1n) is 7.76. The second-order valence-electron chi connectivity index (χ2n) is 6.37. The average Bonchev–Trinajstić information content (AvgIpc) is 2.97. The highest BCUT2D eigenvalue weighted by Crippen LogP contribution is 2.39. The molecule has 3 rings (SSSR count). The Balaban J connectivity index is 1.68. The molecule has 0 spiro atoms. The predicted octanol–water partition coefficient (Wildman–Crippen LogP) is 1.06. The van der Waals surface area contributed by atoms with Crippen molar-refractivity contribution in [3.05, 3.63) is 35.9 Å². The van der Waals surface area contributed by atoms with Gasteiger partial charge < -0.3 is 18.9 Å². The summed E-state index contributed by atoms with van der Waals surface area (Å²) in [5, 5.41) is 0. The van der Waals surface area contributed by atoms with Gasteiger partial charge in [0, 0.05) is 0 Å². The summed E-state index contributed by atoms with van der Waals surface area (Å²) < 4.78 is 50.4. The van der Waals surface area contributed by atoms with Gasteiger partial charge in [-0.2, -0.15) is 8.42 Å². The molecule has 2 saturated heterocycles. The molecule has 138 valence electrons. The number of ether oxygens (including phenoxy) is 4. The lowest BCUT2D eigenvalue weighted by molar-refractivity contribution is -0.216. The molecule has 0 aromatic heterocycles. The van der Waals surface area contributed by atoms with Crippen LogP contribution in [0.25, 0.3) is 0 Å². The van der Waals surface area contributed by atoms with Gasteiger partial charge in [0.1, 0.15) is 24.9 Å². The fourth-order valence-corrected chi connectivity index (χ4v) is 3.45. The molecule has 0 bridgehead atoms. The van der Waals surface area contributed by atoms with Gasteiger partial charge >= 0.3 is 5.97 Å². The Kier molecular flexibility index (Phi) is 4.86. The third-order valence-corrected chi connectivity index (χ3v) is 4.33. The summed E-state index contributed by atoms with van der Waals surface area (Å²) in [6.07, 6.45) is -2.37. The number of benzene rings is 1. The van der Waals surface area contributed by atoms with Crippen LogP contribution in [0.1, 0.15) is 24.2 Å². The number of carbonyl (C=O) groups excluding carboxylic acids is 1. The molecule has 1 aromatic carbocycles. The van der Waals surface area contributed by atoms with Crippen molar-refractivity contribution in [2.75, 3.05) is 12.9 Å². The molecule has 0 saturated carbocycles. The molecule has 8 nitrogen and oxygen atoms in total. The van der Waals surface area contributed by atoms with E-state index in [9.17, 15) is 13.2 Å². The molecule has 0 N–H and O–H groups in total. The fraction of sp³-hybridized carbons (Fsp3) is 0.562. The molecule has 1 aromatic rings. The van der Waals surface area contributed by atoms with Gasteiger partial charge in [0.25, 0.3) is 10.1 Å². The Labute approximate surface area is 146 Å². The number of hydrogen-bond donors (Lipinski definition) is 0. The first-order valence-corrected chi connectivity index (χ1v) is 9.58. The van der Waals surface area contributed by atoms with E-state index in [-0.39, 0.29) is 6.61 Å². The SMILES string of the molecule is CC1(C)O[C@H]2O[C@@H](COC(=O)c3ccccc3)[C@H](OS(C)(=O)=O)[C@H]2O1. The lowest BCUT2D eigenvalue weighted by atomic mass is 10.1. The minimum absolute atomic E-state index is 0.186. The Morgan fingerprint density at radius 1 is 1.20 bits per heavy atom. The summed E-state index contributed by atoms with van der Waals surface area (Å²) in [5.74, 6) is -1.46. The average molecular weight is 372 g/mol. The molecule has 0 radical (unpaired) electrons. The highest BCUT2D eigenvalue weighted by atomic mass is 32.2. The first-order chi connectivity index (χ1) is 11.6. The van der Waals surface area contributed by atoms with E-state index in [2.05, 4.69) is 0 Å².